The molecule has 3 heteroatoms. The molecular formula is C18H35N3. The molecule has 0 aliphatic carbocycles. The van der Waals surface area contributed by atoms with Crippen molar-refractivity contribution < 1.29 is 0 Å². The third-order valence-corrected chi connectivity index (χ3v) is 4.20. The quantitative estimate of drug-likeness (QED) is 0.579. The molecule has 0 aromatic carbocycles. The van der Waals surface area contributed by atoms with E-state index in [-0.39, 0.29) is 0 Å². The lowest BCUT2D eigenvalue weighted by Gasteiger charge is -2.18. The summed E-state index contributed by atoms with van der Waals surface area (Å²) in [6.07, 6.45) is 12.1. The molecule has 3 nitrogen and oxygen atoms in total. The van der Waals surface area contributed by atoms with Crippen LogP contribution in [0.25, 0.3) is 0 Å². The SMILES string of the molecule is CCCCCCCCCC(Cc1cc(C)nn1C)NCC. The van der Waals surface area contributed by atoms with Crippen LogP contribution in [0.4, 0.5) is 0 Å². The predicted octanol–water partition coefficient (Wildman–Crippen LogP) is 4.39. The maximum atomic E-state index is 4.45. The van der Waals surface area contributed by atoms with E-state index in [2.05, 4.69) is 44.3 Å². The molecule has 0 aliphatic rings. The molecule has 1 rings (SSSR count). The molecule has 1 atom stereocenters. The highest BCUT2D eigenvalue weighted by Gasteiger charge is 2.11. The van der Waals surface area contributed by atoms with Crippen LogP contribution in [-0.2, 0) is 13.5 Å². The Morgan fingerprint density at radius 2 is 1.76 bits per heavy atom. The summed E-state index contributed by atoms with van der Waals surface area (Å²) >= 11 is 0. The second-order valence-corrected chi connectivity index (χ2v) is 6.27. The molecule has 1 N–H and O–H groups in total. The Kier molecular flexibility index (Phi) is 9.40. The van der Waals surface area contributed by atoms with E-state index in [9.17, 15) is 0 Å². The first-order chi connectivity index (χ1) is 10.2. The summed E-state index contributed by atoms with van der Waals surface area (Å²) in [5.74, 6) is 0. The topological polar surface area (TPSA) is 29.9 Å². The maximum Gasteiger partial charge on any atom is 0.0596 e. The van der Waals surface area contributed by atoms with E-state index in [4.69, 9.17) is 0 Å². The summed E-state index contributed by atoms with van der Waals surface area (Å²) in [5, 5.41) is 8.09. The zero-order valence-electron chi connectivity index (χ0n) is 14.6. The number of rotatable bonds is 12. The van der Waals surface area contributed by atoms with Gasteiger partial charge in [-0.2, -0.15) is 5.10 Å². The van der Waals surface area contributed by atoms with E-state index in [1.165, 1.54) is 57.1 Å². The lowest BCUT2D eigenvalue weighted by Crippen LogP contribution is -2.31. The van der Waals surface area contributed by atoms with Gasteiger partial charge in [0, 0.05) is 25.2 Å². The average molecular weight is 293 g/mol. The Balaban J connectivity index is 2.25. The van der Waals surface area contributed by atoms with Crippen molar-refractivity contribution in [3.63, 3.8) is 0 Å². The summed E-state index contributed by atoms with van der Waals surface area (Å²) in [6.45, 7) is 7.60. The standard InChI is InChI=1S/C18H35N3/c1-5-7-8-9-10-11-12-13-17(19-6-2)15-18-14-16(3)20-21(18)4/h14,17,19H,5-13,15H2,1-4H3. The molecule has 0 fully saturated rings. The number of nitrogens with one attached hydrogen (secondary N) is 1. The molecule has 0 spiro atoms. The molecule has 1 heterocycles. The number of hydrogen-bond acceptors (Lipinski definition) is 2. The fourth-order valence-corrected chi connectivity index (χ4v) is 3.02. The minimum absolute atomic E-state index is 0.598. The highest BCUT2D eigenvalue weighted by atomic mass is 15.3. The average Bonchev–Trinajstić information content (AvgIpc) is 2.76. The van der Waals surface area contributed by atoms with Crippen LogP contribution in [0.3, 0.4) is 0 Å². The summed E-state index contributed by atoms with van der Waals surface area (Å²) in [4.78, 5) is 0. The van der Waals surface area contributed by atoms with Crippen LogP contribution < -0.4 is 5.32 Å². The molecule has 0 saturated heterocycles. The van der Waals surface area contributed by atoms with Crippen molar-refractivity contribution in [1.82, 2.24) is 15.1 Å². The lowest BCUT2D eigenvalue weighted by molar-refractivity contribution is 0.449. The number of nitrogens with zero attached hydrogens (tertiary/aromatic N) is 2. The van der Waals surface area contributed by atoms with E-state index >= 15 is 0 Å². The molecule has 21 heavy (non-hydrogen) atoms. The Morgan fingerprint density at radius 3 is 2.33 bits per heavy atom. The van der Waals surface area contributed by atoms with Gasteiger partial charge in [0.15, 0.2) is 0 Å². The molecule has 0 amide bonds. The van der Waals surface area contributed by atoms with Crippen molar-refractivity contribution in [2.45, 2.75) is 84.6 Å². The van der Waals surface area contributed by atoms with Crippen LogP contribution in [0, 0.1) is 6.92 Å². The molecule has 1 unspecified atom stereocenters. The summed E-state index contributed by atoms with van der Waals surface area (Å²) in [6, 6.07) is 2.81. The van der Waals surface area contributed by atoms with Crippen LogP contribution in [0.15, 0.2) is 6.07 Å². The normalized spacial score (nSPS) is 12.8. The first-order valence-electron chi connectivity index (χ1n) is 8.90. The van der Waals surface area contributed by atoms with Crippen molar-refractivity contribution in [3.8, 4) is 0 Å². The lowest BCUT2D eigenvalue weighted by atomic mass is 10.0. The predicted molar refractivity (Wildman–Crippen MR) is 91.7 cm³/mol. The van der Waals surface area contributed by atoms with Gasteiger partial charge in [-0.3, -0.25) is 4.68 Å². The van der Waals surface area contributed by atoms with E-state index in [0.29, 0.717) is 6.04 Å². The van der Waals surface area contributed by atoms with Crippen LogP contribution >= 0.6 is 0 Å². The van der Waals surface area contributed by atoms with Gasteiger partial charge in [0.05, 0.1) is 5.69 Å². The molecule has 1 aromatic rings. The second-order valence-electron chi connectivity index (χ2n) is 6.27. The monoisotopic (exact) mass is 293 g/mol. The Hall–Kier alpha value is -0.830. The Morgan fingerprint density at radius 1 is 1.10 bits per heavy atom. The van der Waals surface area contributed by atoms with Gasteiger partial charge in [0.25, 0.3) is 0 Å². The van der Waals surface area contributed by atoms with Gasteiger partial charge >= 0.3 is 0 Å². The zero-order chi connectivity index (χ0) is 15.5. The molecule has 0 aliphatic heterocycles. The summed E-state index contributed by atoms with van der Waals surface area (Å²) in [7, 11) is 2.05. The van der Waals surface area contributed by atoms with Gasteiger partial charge in [0.1, 0.15) is 0 Å². The fourth-order valence-electron chi connectivity index (χ4n) is 3.02. The minimum Gasteiger partial charge on any atom is -0.314 e. The minimum atomic E-state index is 0.598. The van der Waals surface area contributed by atoms with Crippen LogP contribution in [0.2, 0.25) is 0 Å². The number of unbranched alkanes of at least 4 members (excludes halogenated alkanes) is 6. The number of aromatic nitrogens is 2. The highest BCUT2D eigenvalue weighted by molar-refractivity contribution is 5.10. The van der Waals surface area contributed by atoms with Crippen molar-refractivity contribution in [1.29, 1.82) is 0 Å². The van der Waals surface area contributed by atoms with Crippen LogP contribution in [0.1, 0.15) is 76.6 Å². The Labute approximate surface area is 131 Å². The smallest absolute Gasteiger partial charge is 0.0596 e. The van der Waals surface area contributed by atoms with Crippen LogP contribution in [0.5, 0.6) is 0 Å². The van der Waals surface area contributed by atoms with E-state index < -0.39 is 0 Å². The largest absolute Gasteiger partial charge is 0.314 e. The zero-order valence-corrected chi connectivity index (χ0v) is 14.6. The highest BCUT2D eigenvalue weighted by Crippen LogP contribution is 2.13. The van der Waals surface area contributed by atoms with Crippen molar-refractivity contribution in [2.75, 3.05) is 6.54 Å². The van der Waals surface area contributed by atoms with Gasteiger partial charge in [-0.25, -0.2) is 0 Å². The third kappa shape index (κ3) is 7.66. The fraction of sp³-hybridized carbons (Fsp3) is 0.833. The molecule has 0 saturated carbocycles. The van der Waals surface area contributed by atoms with E-state index in [0.717, 1.165) is 18.7 Å². The molecular weight excluding hydrogens is 258 g/mol. The summed E-state index contributed by atoms with van der Waals surface area (Å²) in [5.41, 5.74) is 2.47. The van der Waals surface area contributed by atoms with Crippen LogP contribution in [-0.4, -0.2) is 22.4 Å². The van der Waals surface area contributed by atoms with Crippen molar-refractivity contribution in [3.05, 3.63) is 17.5 Å². The molecule has 0 radical (unpaired) electrons. The Bertz CT molecular complexity index is 371. The van der Waals surface area contributed by atoms with E-state index in [1.54, 1.807) is 0 Å². The second kappa shape index (κ2) is 10.8. The first-order valence-corrected chi connectivity index (χ1v) is 8.90. The van der Waals surface area contributed by atoms with Gasteiger partial charge in [-0.1, -0.05) is 58.8 Å². The van der Waals surface area contributed by atoms with Crippen molar-refractivity contribution in [2.24, 2.45) is 7.05 Å². The maximum absolute atomic E-state index is 4.45. The first kappa shape index (κ1) is 18.2. The van der Waals surface area contributed by atoms with Gasteiger partial charge in [-0.05, 0) is 26.0 Å². The van der Waals surface area contributed by atoms with E-state index in [1.807, 2.05) is 4.68 Å². The third-order valence-electron chi connectivity index (χ3n) is 4.20. The molecule has 1 aromatic heterocycles. The van der Waals surface area contributed by atoms with Gasteiger partial charge in [0.2, 0.25) is 0 Å². The number of likely N-dealkylation sites (N-methyl/N-ethyl adjacent to an activating group) is 1. The van der Waals surface area contributed by atoms with Gasteiger partial charge < -0.3 is 5.32 Å². The van der Waals surface area contributed by atoms with Gasteiger partial charge in [-0.15, -0.1) is 0 Å². The molecule has 122 valence electrons. The number of aryl methyl sites for hydroxylation is 2. The number of hydrogen-bond donors (Lipinski definition) is 1. The molecule has 0 bridgehead atoms. The summed E-state index contributed by atoms with van der Waals surface area (Å²) < 4.78 is 2.03. The van der Waals surface area contributed by atoms with Crippen molar-refractivity contribution >= 4 is 0 Å².